The van der Waals surface area contributed by atoms with Crippen molar-refractivity contribution in [3.8, 4) is 0 Å². The van der Waals surface area contributed by atoms with Gasteiger partial charge in [0.05, 0.1) is 11.8 Å². The van der Waals surface area contributed by atoms with Gasteiger partial charge in [-0.15, -0.1) is 0 Å². The predicted octanol–water partition coefficient (Wildman–Crippen LogP) is 1.85. The Morgan fingerprint density at radius 3 is 2.65 bits per heavy atom. The zero-order chi connectivity index (χ0) is 14.3. The first kappa shape index (κ1) is 12.8. The highest BCUT2D eigenvalue weighted by molar-refractivity contribution is 5.96. The van der Waals surface area contributed by atoms with Gasteiger partial charge < -0.3 is 10.4 Å². The summed E-state index contributed by atoms with van der Waals surface area (Å²) >= 11 is 0. The number of carbonyl (C=O) groups excluding carboxylic acids is 1. The molecule has 2 N–H and O–H groups in total. The molecule has 2 aliphatic carbocycles. The largest absolute Gasteiger partial charge is 0.481 e. The SMILES string of the molecule is Cc1cc(NC(=O)C2C3C=CC(C3)C2C(=O)O)ccn1. The van der Waals surface area contributed by atoms with Crippen molar-refractivity contribution in [1.29, 1.82) is 0 Å². The maximum atomic E-state index is 12.4. The van der Waals surface area contributed by atoms with Crippen molar-refractivity contribution in [2.24, 2.45) is 23.7 Å². The molecule has 1 saturated carbocycles. The fourth-order valence-electron chi connectivity index (χ4n) is 3.37. The van der Waals surface area contributed by atoms with Crippen molar-refractivity contribution in [3.05, 3.63) is 36.2 Å². The molecule has 1 amide bonds. The second kappa shape index (κ2) is 4.74. The maximum absolute atomic E-state index is 12.4. The number of rotatable bonds is 3. The van der Waals surface area contributed by atoms with Gasteiger partial charge in [0.15, 0.2) is 0 Å². The highest BCUT2D eigenvalue weighted by Crippen LogP contribution is 2.48. The molecule has 1 heterocycles. The number of aromatic nitrogens is 1. The van der Waals surface area contributed by atoms with E-state index in [1.165, 1.54) is 0 Å². The summed E-state index contributed by atoms with van der Waals surface area (Å²) in [4.78, 5) is 27.9. The zero-order valence-corrected chi connectivity index (χ0v) is 11.1. The second-order valence-corrected chi connectivity index (χ2v) is 5.51. The number of allylic oxidation sites excluding steroid dienone is 2. The fourth-order valence-corrected chi connectivity index (χ4v) is 3.37. The lowest BCUT2D eigenvalue weighted by atomic mass is 9.82. The number of carboxylic acids is 1. The number of carboxylic acid groups (broad SMARTS) is 1. The van der Waals surface area contributed by atoms with Crippen LogP contribution in [0, 0.1) is 30.6 Å². The van der Waals surface area contributed by atoms with Crippen LogP contribution in [0.1, 0.15) is 12.1 Å². The molecule has 5 heteroatoms. The summed E-state index contributed by atoms with van der Waals surface area (Å²) in [6.07, 6.45) is 6.31. The van der Waals surface area contributed by atoms with Gasteiger partial charge in [-0.25, -0.2) is 0 Å². The van der Waals surface area contributed by atoms with E-state index in [1.807, 2.05) is 19.1 Å². The Morgan fingerprint density at radius 2 is 2.00 bits per heavy atom. The van der Waals surface area contributed by atoms with Crippen molar-refractivity contribution in [1.82, 2.24) is 4.98 Å². The van der Waals surface area contributed by atoms with Crippen LogP contribution in [0.25, 0.3) is 0 Å². The quantitative estimate of drug-likeness (QED) is 0.823. The molecular weight excluding hydrogens is 256 g/mol. The van der Waals surface area contributed by atoms with E-state index in [-0.39, 0.29) is 17.7 Å². The third kappa shape index (κ3) is 2.09. The van der Waals surface area contributed by atoms with Gasteiger partial charge in [0.25, 0.3) is 0 Å². The third-order valence-electron chi connectivity index (χ3n) is 4.21. The topological polar surface area (TPSA) is 79.3 Å². The number of carbonyl (C=O) groups is 2. The van der Waals surface area contributed by atoms with Crippen molar-refractivity contribution in [2.75, 3.05) is 5.32 Å². The van der Waals surface area contributed by atoms with Gasteiger partial charge in [0.1, 0.15) is 0 Å². The standard InChI is InChI=1S/C15H16N2O3/c1-8-6-11(4-5-16-8)17-14(18)12-9-2-3-10(7-9)13(12)15(19)20/h2-6,9-10,12-13H,7H2,1H3,(H,19,20)(H,16,17,18). The Kier molecular flexibility index (Phi) is 3.04. The van der Waals surface area contributed by atoms with Crippen LogP contribution >= 0.6 is 0 Å². The number of nitrogens with one attached hydrogen (secondary N) is 1. The van der Waals surface area contributed by atoms with Gasteiger partial charge in [-0.2, -0.15) is 0 Å². The van der Waals surface area contributed by atoms with Crippen LogP contribution in [0.4, 0.5) is 5.69 Å². The van der Waals surface area contributed by atoms with Crippen LogP contribution < -0.4 is 5.32 Å². The molecule has 5 nitrogen and oxygen atoms in total. The second-order valence-electron chi connectivity index (χ2n) is 5.51. The number of amides is 1. The molecule has 0 aromatic carbocycles. The van der Waals surface area contributed by atoms with Crippen molar-refractivity contribution in [2.45, 2.75) is 13.3 Å². The first-order valence-corrected chi connectivity index (χ1v) is 6.71. The van der Waals surface area contributed by atoms with E-state index in [0.717, 1.165) is 12.1 Å². The monoisotopic (exact) mass is 272 g/mol. The molecule has 2 aliphatic rings. The summed E-state index contributed by atoms with van der Waals surface area (Å²) in [5, 5.41) is 12.2. The minimum Gasteiger partial charge on any atom is -0.481 e. The lowest BCUT2D eigenvalue weighted by Gasteiger charge is -2.23. The summed E-state index contributed by atoms with van der Waals surface area (Å²) < 4.78 is 0. The fraction of sp³-hybridized carbons (Fsp3) is 0.400. The van der Waals surface area contributed by atoms with E-state index in [4.69, 9.17) is 0 Å². The van der Waals surface area contributed by atoms with E-state index in [1.54, 1.807) is 18.3 Å². The molecule has 1 aromatic rings. The highest BCUT2D eigenvalue weighted by atomic mass is 16.4. The average molecular weight is 272 g/mol. The molecule has 20 heavy (non-hydrogen) atoms. The summed E-state index contributed by atoms with van der Waals surface area (Å²) in [6.45, 7) is 1.84. The summed E-state index contributed by atoms with van der Waals surface area (Å²) in [5.41, 5.74) is 1.48. The van der Waals surface area contributed by atoms with E-state index >= 15 is 0 Å². The van der Waals surface area contributed by atoms with E-state index in [0.29, 0.717) is 5.69 Å². The van der Waals surface area contributed by atoms with Gasteiger partial charge in [-0.3, -0.25) is 14.6 Å². The van der Waals surface area contributed by atoms with Crippen molar-refractivity contribution < 1.29 is 14.7 Å². The molecular formula is C15H16N2O3. The Hall–Kier alpha value is -2.17. The maximum Gasteiger partial charge on any atom is 0.307 e. The van der Waals surface area contributed by atoms with E-state index in [2.05, 4.69) is 10.3 Å². The van der Waals surface area contributed by atoms with Crippen LogP contribution in [-0.4, -0.2) is 22.0 Å². The number of pyridine rings is 1. The summed E-state index contributed by atoms with van der Waals surface area (Å²) in [6, 6.07) is 3.49. The minimum absolute atomic E-state index is 0.00701. The molecule has 2 bridgehead atoms. The predicted molar refractivity (Wildman–Crippen MR) is 73.0 cm³/mol. The Labute approximate surface area is 116 Å². The molecule has 4 unspecified atom stereocenters. The highest BCUT2D eigenvalue weighted by Gasteiger charge is 2.51. The normalized spacial score (nSPS) is 30.4. The lowest BCUT2D eigenvalue weighted by molar-refractivity contribution is -0.146. The molecule has 0 aliphatic heterocycles. The van der Waals surface area contributed by atoms with Crippen molar-refractivity contribution >= 4 is 17.6 Å². The molecule has 3 rings (SSSR count). The van der Waals surface area contributed by atoms with Crippen LogP contribution in [0.2, 0.25) is 0 Å². The van der Waals surface area contributed by atoms with Crippen LogP contribution in [0.5, 0.6) is 0 Å². The molecule has 4 atom stereocenters. The minimum atomic E-state index is -0.882. The number of aryl methyl sites for hydroxylation is 1. The van der Waals surface area contributed by atoms with Gasteiger partial charge in [0.2, 0.25) is 5.91 Å². The first-order valence-electron chi connectivity index (χ1n) is 6.71. The zero-order valence-electron chi connectivity index (χ0n) is 11.1. The molecule has 1 aromatic heterocycles. The van der Waals surface area contributed by atoms with E-state index in [9.17, 15) is 14.7 Å². The molecule has 1 fully saturated rings. The van der Waals surface area contributed by atoms with Gasteiger partial charge in [-0.05, 0) is 37.3 Å². The smallest absolute Gasteiger partial charge is 0.307 e. The number of hydrogen-bond donors (Lipinski definition) is 2. The molecule has 0 saturated heterocycles. The number of hydrogen-bond acceptors (Lipinski definition) is 3. The number of aliphatic carboxylic acids is 1. The van der Waals surface area contributed by atoms with E-state index < -0.39 is 17.8 Å². The van der Waals surface area contributed by atoms with Gasteiger partial charge in [-0.1, -0.05) is 12.2 Å². The molecule has 0 spiro atoms. The number of anilines is 1. The Balaban J connectivity index is 1.80. The van der Waals surface area contributed by atoms with Gasteiger partial charge >= 0.3 is 5.97 Å². The number of fused-ring (bicyclic) bond motifs is 2. The summed E-state index contributed by atoms with van der Waals surface area (Å²) in [7, 11) is 0. The van der Waals surface area contributed by atoms with Crippen LogP contribution in [0.3, 0.4) is 0 Å². The molecule has 0 radical (unpaired) electrons. The Bertz CT molecular complexity index is 597. The number of nitrogens with zero attached hydrogens (tertiary/aromatic N) is 1. The lowest BCUT2D eigenvalue weighted by Crippen LogP contribution is -2.36. The average Bonchev–Trinajstić information content (AvgIpc) is 2.98. The third-order valence-corrected chi connectivity index (χ3v) is 4.21. The van der Waals surface area contributed by atoms with Gasteiger partial charge in [0, 0.05) is 17.6 Å². The van der Waals surface area contributed by atoms with Crippen molar-refractivity contribution in [3.63, 3.8) is 0 Å². The first-order chi connectivity index (χ1) is 9.56. The van der Waals surface area contributed by atoms with Crippen LogP contribution in [0.15, 0.2) is 30.5 Å². The summed E-state index contributed by atoms with van der Waals surface area (Å²) in [5.74, 6) is -2.13. The Morgan fingerprint density at radius 1 is 1.30 bits per heavy atom. The molecule has 104 valence electrons. The van der Waals surface area contributed by atoms with Crippen LogP contribution in [-0.2, 0) is 9.59 Å².